The van der Waals surface area contributed by atoms with Gasteiger partial charge in [-0.1, -0.05) is 12.1 Å². The van der Waals surface area contributed by atoms with Gasteiger partial charge in [0, 0.05) is 0 Å². The Labute approximate surface area is 83.6 Å². The second-order valence-corrected chi connectivity index (χ2v) is 3.06. The van der Waals surface area contributed by atoms with Crippen molar-refractivity contribution in [3.8, 4) is 5.75 Å². The van der Waals surface area contributed by atoms with Crippen LogP contribution in [0.2, 0.25) is 0 Å². The van der Waals surface area contributed by atoms with Gasteiger partial charge in [-0.25, -0.2) is 0 Å². The summed E-state index contributed by atoms with van der Waals surface area (Å²) in [5.41, 5.74) is 1.96. The molecule has 3 nitrogen and oxygen atoms in total. The average Bonchev–Trinajstić information content (AvgIpc) is 2.18. The SMILES string of the molecule is COC(=O)Cc1ccc(OC)c(C)c1. The van der Waals surface area contributed by atoms with Crippen LogP contribution in [0.5, 0.6) is 5.75 Å². The van der Waals surface area contributed by atoms with Crippen LogP contribution in [0.15, 0.2) is 18.2 Å². The van der Waals surface area contributed by atoms with Crippen molar-refractivity contribution in [1.29, 1.82) is 0 Å². The minimum absolute atomic E-state index is 0.227. The molecule has 0 saturated carbocycles. The van der Waals surface area contributed by atoms with Crippen LogP contribution in [0, 0.1) is 6.92 Å². The maximum absolute atomic E-state index is 11.0. The molecule has 0 aliphatic heterocycles. The zero-order chi connectivity index (χ0) is 10.6. The van der Waals surface area contributed by atoms with Gasteiger partial charge in [-0.2, -0.15) is 0 Å². The Morgan fingerprint density at radius 3 is 2.57 bits per heavy atom. The largest absolute Gasteiger partial charge is 0.496 e. The van der Waals surface area contributed by atoms with Crippen molar-refractivity contribution >= 4 is 5.97 Å². The third-order valence-corrected chi connectivity index (χ3v) is 2.04. The van der Waals surface area contributed by atoms with Gasteiger partial charge >= 0.3 is 5.97 Å². The van der Waals surface area contributed by atoms with Crippen LogP contribution in [0.1, 0.15) is 11.1 Å². The maximum Gasteiger partial charge on any atom is 0.309 e. The molecule has 0 aromatic heterocycles. The van der Waals surface area contributed by atoms with Crippen LogP contribution in [0.3, 0.4) is 0 Å². The molecule has 1 rings (SSSR count). The number of carbonyl (C=O) groups is 1. The Kier molecular flexibility index (Phi) is 3.51. The Morgan fingerprint density at radius 1 is 1.36 bits per heavy atom. The molecular formula is C11H14O3. The van der Waals surface area contributed by atoms with Gasteiger partial charge in [-0.15, -0.1) is 0 Å². The van der Waals surface area contributed by atoms with E-state index in [-0.39, 0.29) is 5.97 Å². The van der Waals surface area contributed by atoms with Crippen LogP contribution in [-0.2, 0) is 16.0 Å². The summed E-state index contributed by atoms with van der Waals surface area (Å²) in [7, 11) is 3.01. The zero-order valence-corrected chi connectivity index (χ0v) is 8.66. The van der Waals surface area contributed by atoms with E-state index >= 15 is 0 Å². The number of rotatable bonds is 3. The molecule has 3 heteroatoms. The first-order chi connectivity index (χ1) is 6.67. The molecule has 0 heterocycles. The van der Waals surface area contributed by atoms with Gasteiger partial charge in [0.1, 0.15) is 5.75 Å². The highest BCUT2D eigenvalue weighted by Gasteiger charge is 2.04. The van der Waals surface area contributed by atoms with Crippen molar-refractivity contribution in [2.75, 3.05) is 14.2 Å². The standard InChI is InChI=1S/C11H14O3/c1-8-6-9(7-11(12)14-3)4-5-10(8)13-2/h4-6H,7H2,1-3H3. The van der Waals surface area contributed by atoms with Crippen LogP contribution < -0.4 is 4.74 Å². The number of esters is 1. The van der Waals surface area contributed by atoms with Crippen LogP contribution in [0.4, 0.5) is 0 Å². The highest BCUT2D eigenvalue weighted by atomic mass is 16.5. The summed E-state index contributed by atoms with van der Waals surface area (Å²) in [4.78, 5) is 11.0. The molecule has 1 aromatic rings. The van der Waals surface area contributed by atoms with Gasteiger partial charge in [0.15, 0.2) is 0 Å². The first-order valence-corrected chi connectivity index (χ1v) is 4.37. The monoisotopic (exact) mass is 194 g/mol. The van der Waals surface area contributed by atoms with Gasteiger partial charge in [-0.05, 0) is 24.1 Å². The van der Waals surface area contributed by atoms with Gasteiger partial charge in [0.2, 0.25) is 0 Å². The van der Waals surface area contributed by atoms with Gasteiger partial charge < -0.3 is 9.47 Å². The highest BCUT2D eigenvalue weighted by molar-refractivity contribution is 5.72. The minimum atomic E-state index is -0.227. The lowest BCUT2D eigenvalue weighted by Gasteiger charge is -2.06. The predicted octanol–water partition coefficient (Wildman–Crippen LogP) is 1.72. The van der Waals surface area contributed by atoms with Crippen molar-refractivity contribution in [3.05, 3.63) is 29.3 Å². The fourth-order valence-electron chi connectivity index (χ4n) is 1.29. The van der Waals surface area contributed by atoms with Crippen molar-refractivity contribution in [1.82, 2.24) is 0 Å². The first kappa shape index (κ1) is 10.6. The molecule has 0 amide bonds. The normalized spacial score (nSPS) is 9.64. The number of hydrogen-bond acceptors (Lipinski definition) is 3. The summed E-state index contributed by atoms with van der Waals surface area (Å²) in [5.74, 6) is 0.605. The number of benzene rings is 1. The summed E-state index contributed by atoms with van der Waals surface area (Å²) in [6, 6.07) is 5.64. The third kappa shape index (κ3) is 2.49. The summed E-state index contributed by atoms with van der Waals surface area (Å²) in [5, 5.41) is 0. The van der Waals surface area contributed by atoms with E-state index in [1.165, 1.54) is 7.11 Å². The Hall–Kier alpha value is -1.51. The van der Waals surface area contributed by atoms with Crippen LogP contribution in [-0.4, -0.2) is 20.2 Å². The van der Waals surface area contributed by atoms with Crippen molar-refractivity contribution in [3.63, 3.8) is 0 Å². The lowest BCUT2D eigenvalue weighted by Crippen LogP contribution is -2.04. The predicted molar refractivity (Wildman–Crippen MR) is 53.5 cm³/mol. The number of carbonyl (C=O) groups excluding carboxylic acids is 1. The first-order valence-electron chi connectivity index (χ1n) is 4.37. The molecule has 1 aromatic carbocycles. The molecule has 76 valence electrons. The van der Waals surface area contributed by atoms with Crippen molar-refractivity contribution < 1.29 is 14.3 Å². The number of hydrogen-bond donors (Lipinski definition) is 0. The van der Waals surface area contributed by atoms with E-state index in [9.17, 15) is 4.79 Å². The van der Waals surface area contributed by atoms with Crippen molar-refractivity contribution in [2.24, 2.45) is 0 Å². The molecule has 0 spiro atoms. The quantitative estimate of drug-likeness (QED) is 0.687. The van der Waals surface area contributed by atoms with Gasteiger partial charge in [0.25, 0.3) is 0 Å². The molecule has 0 aliphatic rings. The fourth-order valence-corrected chi connectivity index (χ4v) is 1.29. The maximum atomic E-state index is 11.0. The molecule has 0 unspecified atom stereocenters. The Balaban J connectivity index is 2.81. The molecule has 0 N–H and O–H groups in total. The molecule has 14 heavy (non-hydrogen) atoms. The molecule has 0 aliphatic carbocycles. The number of methoxy groups -OCH3 is 2. The van der Waals surface area contributed by atoms with E-state index in [2.05, 4.69) is 4.74 Å². The lowest BCUT2D eigenvalue weighted by atomic mass is 10.1. The summed E-state index contributed by atoms with van der Waals surface area (Å²) in [6.45, 7) is 1.94. The van der Waals surface area contributed by atoms with Crippen LogP contribution >= 0.6 is 0 Å². The topological polar surface area (TPSA) is 35.5 Å². The number of aryl methyl sites for hydroxylation is 1. The van der Waals surface area contributed by atoms with E-state index < -0.39 is 0 Å². The van der Waals surface area contributed by atoms with Crippen LogP contribution in [0.25, 0.3) is 0 Å². The summed E-state index contributed by atoms with van der Waals surface area (Å²) >= 11 is 0. The molecule has 0 fully saturated rings. The highest BCUT2D eigenvalue weighted by Crippen LogP contribution is 2.18. The number of ether oxygens (including phenoxy) is 2. The molecule has 0 atom stereocenters. The smallest absolute Gasteiger partial charge is 0.309 e. The third-order valence-electron chi connectivity index (χ3n) is 2.04. The fraction of sp³-hybridized carbons (Fsp3) is 0.364. The van der Waals surface area contributed by atoms with E-state index in [0.717, 1.165) is 16.9 Å². The molecule has 0 radical (unpaired) electrons. The van der Waals surface area contributed by atoms with E-state index in [4.69, 9.17) is 4.74 Å². The molecule has 0 saturated heterocycles. The summed E-state index contributed by atoms with van der Waals surface area (Å²) < 4.78 is 9.70. The van der Waals surface area contributed by atoms with Crippen molar-refractivity contribution in [2.45, 2.75) is 13.3 Å². The Morgan fingerprint density at radius 2 is 2.07 bits per heavy atom. The average molecular weight is 194 g/mol. The van der Waals surface area contributed by atoms with E-state index in [1.54, 1.807) is 7.11 Å². The summed E-state index contributed by atoms with van der Waals surface area (Å²) in [6.07, 6.45) is 0.307. The lowest BCUT2D eigenvalue weighted by molar-refractivity contribution is -0.139. The second-order valence-electron chi connectivity index (χ2n) is 3.06. The second kappa shape index (κ2) is 4.65. The van der Waals surface area contributed by atoms with E-state index in [1.807, 2.05) is 25.1 Å². The van der Waals surface area contributed by atoms with E-state index in [0.29, 0.717) is 6.42 Å². The zero-order valence-electron chi connectivity index (χ0n) is 8.66. The van der Waals surface area contributed by atoms with Gasteiger partial charge in [-0.3, -0.25) is 4.79 Å². The molecular weight excluding hydrogens is 180 g/mol. The van der Waals surface area contributed by atoms with Gasteiger partial charge in [0.05, 0.1) is 20.6 Å². The minimum Gasteiger partial charge on any atom is -0.496 e. The Bertz CT molecular complexity index is 331. The molecule has 0 bridgehead atoms.